The largest absolute Gasteiger partial charge is 0.438 e. The number of hydrogen-bond donors (Lipinski definition) is 3. The van der Waals surface area contributed by atoms with E-state index in [1.165, 1.54) is 0 Å². The molecule has 3 atom stereocenters. The number of rotatable bonds is 10. The molecule has 154 valence electrons. The van der Waals surface area contributed by atoms with Crippen LogP contribution in [0, 0.1) is 5.92 Å². The van der Waals surface area contributed by atoms with Crippen molar-refractivity contribution in [2.24, 2.45) is 11.7 Å². The molecule has 0 bridgehead atoms. The number of sulfone groups is 1. The molecule has 1 heterocycles. The van der Waals surface area contributed by atoms with Crippen LogP contribution < -0.4 is 11.1 Å². The number of aliphatic hydroxyl groups is 1. The Morgan fingerprint density at radius 3 is 2.75 bits per heavy atom. The molecule has 4 N–H and O–H groups in total. The molecule has 2 aromatic rings. The minimum Gasteiger partial charge on any atom is -0.438 e. The maximum atomic E-state index is 12.5. The number of nitrogens with zero attached hydrogens (tertiary/aromatic N) is 1. The van der Waals surface area contributed by atoms with Gasteiger partial charge in [0.15, 0.2) is 21.5 Å². The number of aromatic nitrogens is 1. The van der Waals surface area contributed by atoms with Crippen molar-refractivity contribution >= 4 is 26.8 Å². The zero-order chi connectivity index (χ0) is 20.3. The Kier molecular flexibility index (Phi) is 6.36. The van der Waals surface area contributed by atoms with Crippen LogP contribution in [0.1, 0.15) is 44.6 Å². The minimum absolute atomic E-state index is 0.0812. The Balaban J connectivity index is 1.66. The van der Waals surface area contributed by atoms with Gasteiger partial charge in [0.05, 0.1) is 23.6 Å². The smallest absolute Gasteiger partial charge is 0.238 e. The summed E-state index contributed by atoms with van der Waals surface area (Å²) < 4.78 is 29.8. The molecule has 0 saturated heterocycles. The quantitative estimate of drug-likeness (QED) is 0.538. The maximum absolute atomic E-state index is 12.5. The van der Waals surface area contributed by atoms with Crippen molar-refractivity contribution in [2.75, 3.05) is 11.5 Å². The summed E-state index contributed by atoms with van der Waals surface area (Å²) in [5, 5.41) is 13.3. The average molecular weight is 410 g/mol. The van der Waals surface area contributed by atoms with Gasteiger partial charge in [-0.3, -0.25) is 4.79 Å². The molecule has 28 heavy (non-hydrogen) atoms. The highest BCUT2D eigenvalue weighted by molar-refractivity contribution is 7.91. The zero-order valence-electron chi connectivity index (χ0n) is 15.9. The number of benzene rings is 1. The fourth-order valence-corrected chi connectivity index (χ4v) is 5.05. The Bertz CT molecular complexity index is 890. The van der Waals surface area contributed by atoms with E-state index in [1.807, 2.05) is 13.0 Å². The number of fused-ring (bicyclic) bond motifs is 1. The van der Waals surface area contributed by atoms with Gasteiger partial charge in [-0.05, 0) is 37.3 Å². The summed E-state index contributed by atoms with van der Waals surface area (Å²) in [6.45, 7) is 1.91. The van der Waals surface area contributed by atoms with Crippen LogP contribution in [0.4, 0.5) is 0 Å². The first kappa shape index (κ1) is 20.8. The van der Waals surface area contributed by atoms with Crippen molar-refractivity contribution in [3.05, 3.63) is 30.2 Å². The highest BCUT2D eigenvalue weighted by Gasteiger charge is 2.32. The summed E-state index contributed by atoms with van der Waals surface area (Å²) in [7, 11) is -3.38. The summed E-state index contributed by atoms with van der Waals surface area (Å²) in [5.74, 6) is -0.609. The molecule has 3 rings (SSSR count). The number of hydrogen-bond acceptors (Lipinski definition) is 7. The topological polar surface area (TPSA) is 136 Å². The number of nitrogens with one attached hydrogen (secondary N) is 1. The molecule has 0 spiro atoms. The predicted octanol–water partition coefficient (Wildman–Crippen LogP) is 1.30. The molecule has 1 saturated carbocycles. The molecule has 1 unspecified atom stereocenters. The Morgan fingerprint density at radius 2 is 2.11 bits per heavy atom. The predicted molar refractivity (Wildman–Crippen MR) is 105 cm³/mol. The number of nitrogens with two attached hydrogens (primary N) is 1. The van der Waals surface area contributed by atoms with Crippen molar-refractivity contribution < 1.29 is 22.7 Å². The minimum atomic E-state index is -3.38. The summed E-state index contributed by atoms with van der Waals surface area (Å²) in [6.07, 6.45) is 1.82. The van der Waals surface area contributed by atoms with Crippen LogP contribution in [0.25, 0.3) is 11.1 Å². The maximum Gasteiger partial charge on any atom is 0.238 e. The van der Waals surface area contributed by atoms with Crippen molar-refractivity contribution in [3.8, 4) is 0 Å². The van der Waals surface area contributed by atoms with Crippen LogP contribution in [0.3, 0.4) is 0 Å². The number of carbonyl (C=O) groups is 1. The second-order valence-corrected chi connectivity index (χ2v) is 9.65. The van der Waals surface area contributed by atoms with E-state index in [1.54, 1.807) is 18.2 Å². The van der Waals surface area contributed by atoms with Crippen LogP contribution in [0.5, 0.6) is 0 Å². The standard InChI is InChI=1S/C19H27N3O5S/c1-2-5-15(17(23)19-22-14-6-3-4-7-16(14)27-19)21-18(24)13(20)11-28(25,26)10-12-8-9-12/h3-4,6-7,12-13,15,17,23H,2,5,8-11,20H2,1H3,(H,21,24)/t13?,15-,17+/m1/s1. The van der Waals surface area contributed by atoms with Gasteiger partial charge in [0, 0.05) is 0 Å². The van der Waals surface area contributed by atoms with Gasteiger partial charge in [0.25, 0.3) is 0 Å². The van der Waals surface area contributed by atoms with Gasteiger partial charge in [-0.2, -0.15) is 0 Å². The van der Waals surface area contributed by atoms with Gasteiger partial charge in [0.2, 0.25) is 11.8 Å². The second kappa shape index (κ2) is 8.59. The van der Waals surface area contributed by atoms with E-state index >= 15 is 0 Å². The highest BCUT2D eigenvalue weighted by atomic mass is 32.2. The first-order valence-corrected chi connectivity index (χ1v) is 11.4. The lowest BCUT2D eigenvalue weighted by Gasteiger charge is -2.23. The first-order chi connectivity index (χ1) is 13.3. The Hall–Kier alpha value is -1.97. The zero-order valence-corrected chi connectivity index (χ0v) is 16.7. The number of para-hydroxylation sites is 2. The highest BCUT2D eigenvalue weighted by Crippen LogP contribution is 2.30. The summed E-state index contributed by atoms with van der Waals surface area (Å²) in [5.41, 5.74) is 6.99. The lowest BCUT2D eigenvalue weighted by molar-refractivity contribution is -0.123. The third kappa shape index (κ3) is 5.30. The van der Waals surface area contributed by atoms with Gasteiger partial charge in [-0.15, -0.1) is 0 Å². The van der Waals surface area contributed by atoms with Gasteiger partial charge in [-0.1, -0.05) is 25.5 Å². The van der Waals surface area contributed by atoms with E-state index in [2.05, 4.69) is 10.3 Å². The van der Waals surface area contributed by atoms with Gasteiger partial charge >= 0.3 is 0 Å². The van der Waals surface area contributed by atoms with Gasteiger partial charge < -0.3 is 20.6 Å². The van der Waals surface area contributed by atoms with Crippen LogP contribution in [-0.4, -0.2) is 48.0 Å². The summed E-state index contributed by atoms with van der Waals surface area (Å²) in [6, 6.07) is 5.26. The normalized spacial score (nSPS) is 18.0. The van der Waals surface area contributed by atoms with Gasteiger partial charge in [0.1, 0.15) is 5.52 Å². The van der Waals surface area contributed by atoms with Crippen molar-refractivity contribution in [2.45, 2.75) is 50.8 Å². The van der Waals surface area contributed by atoms with Crippen LogP contribution in [0.2, 0.25) is 0 Å². The van der Waals surface area contributed by atoms with E-state index in [9.17, 15) is 18.3 Å². The number of carbonyl (C=O) groups excluding carboxylic acids is 1. The fraction of sp³-hybridized carbons (Fsp3) is 0.579. The molecular weight excluding hydrogens is 382 g/mol. The van der Waals surface area contributed by atoms with Gasteiger partial charge in [-0.25, -0.2) is 13.4 Å². The van der Waals surface area contributed by atoms with E-state index in [0.29, 0.717) is 23.9 Å². The molecule has 8 nitrogen and oxygen atoms in total. The van der Waals surface area contributed by atoms with Crippen molar-refractivity contribution in [1.29, 1.82) is 0 Å². The summed E-state index contributed by atoms with van der Waals surface area (Å²) >= 11 is 0. The average Bonchev–Trinajstić information content (AvgIpc) is 3.33. The molecule has 1 aromatic heterocycles. The van der Waals surface area contributed by atoms with Crippen LogP contribution >= 0.6 is 0 Å². The molecule has 1 aliphatic rings. The lowest BCUT2D eigenvalue weighted by Crippen LogP contribution is -2.50. The van der Waals surface area contributed by atoms with Crippen LogP contribution in [-0.2, 0) is 14.6 Å². The lowest BCUT2D eigenvalue weighted by atomic mass is 10.1. The number of aliphatic hydroxyl groups excluding tert-OH is 1. The number of oxazole rings is 1. The third-order valence-electron chi connectivity index (χ3n) is 4.83. The first-order valence-electron chi connectivity index (χ1n) is 9.59. The molecule has 1 fully saturated rings. The van der Waals surface area contributed by atoms with Crippen molar-refractivity contribution in [3.63, 3.8) is 0 Å². The second-order valence-electron chi connectivity index (χ2n) is 7.50. The summed E-state index contributed by atoms with van der Waals surface area (Å²) in [4.78, 5) is 16.7. The molecular formula is C19H27N3O5S. The van der Waals surface area contributed by atoms with Crippen LogP contribution in [0.15, 0.2) is 28.7 Å². The van der Waals surface area contributed by atoms with E-state index in [-0.39, 0.29) is 17.6 Å². The fourth-order valence-electron chi connectivity index (χ4n) is 3.16. The van der Waals surface area contributed by atoms with E-state index in [0.717, 1.165) is 12.8 Å². The van der Waals surface area contributed by atoms with E-state index in [4.69, 9.17) is 10.2 Å². The third-order valence-corrected chi connectivity index (χ3v) is 6.67. The molecule has 0 aliphatic heterocycles. The monoisotopic (exact) mass is 409 g/mol. The Labute approximate surface area is 164 Å². The SMILES string of the molecule is CCC[C@@H](NC(=O)C(N)CS(=O)(=O)CC1CC1)[C@H](O)c1nc2ccccc2o1. The molecule has 1 amide bonds. The number of amides is 1. The molecule has 1 aromatic carbocycles. The molecule has 0 radical (unpaired) electrons. The molecule has 1 aliphatic carbocycles. The Morgan fingerprint density at radius 1 is 1.39 bits per heavy atom. The van der Waals surface area contributed by atoms with Crippen molar-refractivity contribution in [1.82, 2.24) is 10.3 Å². The molecule has 9 heteroatoms. The van der Waals surface area contributed by atoms with E-state index < -0.39 is 39.7 Å².